The van der Waals surface area contributed by atoms with E-state index in [4.69, 9.17) is 4.65 Å². The predicted molar refractivity (Wildman–Crippen MR) is 186 cm³/mol. The van der Waals surface area contributed by atoms with Crippen LogP contribution < -0.4 is 15.3 Å². The van der Waals surface area contributed by atoms with Crippen molar-refractivity contribution in [1.82, 2.24) is 0 Å². The Hall–Kier alpha value is -1.99. The fourth-order valence-electron chi connectivity index (χ4n) is 4.40. The second-order valence-corrected chi connectivity index (χ2v) is 15.7. The lowest BCUT2D eigenvalue weighted by Crippen LogP contribution is -2.46. The molecule has 0 aromatic heterocycles. The summed E-state index contributed by atoms with van der Waals surface area (Å²) < 4.78 is 7.77. The lowest BCUT2D eigenvalue weighted by atomic mass is 9.62. The monoisotopic (exact) mass is 652 g/mol. The Morgan fingerprint density at radius 3 is 1.45 bits per heavy atom. The number of halogens is 1. The molecule has 40 heavy (non-hydrogen) atoms. The third-order valence-corrected chi connectivity index (χ3v) is 9.91. The summed E-state index contributed by atoms with van der Waals surface area (Å²) in [5.74, 6) is 0. The van der Waals surface area contributed by atoms with Gasteiger partial charge in [0.15, 0.2) is 0 Å². The zero-order chi connectivity index (χ0) is 30.1. The highest BCUT2D eigenvalue weighted by Crippen LogP contribution is 2.40. The molecular formula is C35H50BIN2O. The van der Waals surface area contributed by atoms with E-state index in [2.05, 4.69) is 188 Å². The molecular weight excluding hydrogens is 602 g/mol. The fraction of sp³-hybridized carbons (Fsp3) is 0.486. The van der Waals surface area contributed by atoms with Crippen molar-refractivity contribution in [3.63, 3.8) is 0 Å². The summed E-state index contributed by atoms with van der Waals surface area (Å²) in [7, 11) is 2.20. The van der Waals surface area contributed by atoms with Gasteiger partial charge in [0.1, 0.15) is 0 Å². The van der Waals surface area contributed by atoms with Crippen LogP contribution in [0.2, 0.25) is 6.82 Å². The SMILES string of the molecule is CB(OC(C)(C)C(C)(C)C)c1ccc(N(c2ccc(I)cc2)c2ccc(N(C)CC(C)(C)C(C)(C)C)cc2)cc1. The molecule has 3 rings (SSSR count). The minimum Gasteiger partial charge on any atom is -0.426 e. The first kappa shape index (κ1) is 32.5. The van der Waals surface area contributed by atoms with Crippen molar-refractivity contribution in [2.24, 2.45) is 16.2 Å². The normalized spacial score (nSPS) is 12.8. The van der Waals surface area contributed by atoms with Crippen LogP contribution in [0.3, 0.4) is 0 Å². The Kier molecular flexibility index (Phi) is 9.83. The summed E-state index contributed by atoms with van der Waals surface area (Å²) in [5.41, 5.74) is 6.02. The number of nitrogens with zero attached hydrogens (tertiary/aromatic N) is 2. The first-order valence-corrected chi connectivity index (χ1v) is 15.5. The third-order valence-electron chi connectivity index (χ3n) is 9.19. The quantitative estimate of drug-likeness (QED) is 0.169. The molecule has 0 unspecified atom stereocenters. The number of benzene rings is 3. The molecule has 0 N–H and O–H groups in total. The van der Waals surface area contributed by atoms with Gasteiger partial charge in [-0.05, 0) is 119 Å². The molecule has 0 atom stereocenters. The van der Waals surface area contributed by atoms with E-state index in [1.807, 2.05) is 0 Å². The van der Waals surface area contributed by atoms with Crippen molar-refractivity contribution in [2.75, 3.05) is 23.4 Å². The van der Waals surface area contributed by atoms with E-state index in [0.717, 1.165) is 23.6 Å². The van der Waals surface area contributed by atoms with E-state index in [9.17, 15) is 0 Å². The van der Waals surface area contributed by atoms with Gasteiger partial charge in [-0.3, -0.25) is 0 Å². The van der Waals surface area contributed by atoms with Crippen molar-refractivity contribution in [1.29, 1.82) is 0 Å². The summed E-state index contributed by atoms with van der Waals surface area (Å²) in [6.45, 7) is 25.9. The summed E-state index contributed by atoms with van der Waals surface area (Å²) in [4.78, 5) is 4.70. The first-order chi connectivity index (χ1) is 18.3. The number of hydrogen-bond donors (Lipinski definition) is 0. The highest BCUT2D eigenvalue weighted by molar-refractivity contribution is 14.1. The molecule has 3 nitrogen and oxygen atoms in total. The minimum atomic E-state index is -0.241. The van der Waals surface area contributed by atoms with Gasteiger partial charge < -0.3 is 14.5 Å². The van der Waals surface area contributed by atoms with Gasteiger partial charge >= 0.3 is 6.92 Å². The van der Waals surface area contributed by atoms with Crippen molar-refractivity contribution >= 4 is 57.7 Å². The van der Waals surface area contributed by atoms with Crippen LogP contribution in [0.4, 0.5) is 22.7 Å². The molecule has 216 valence electrons. The smallest absolute Gasteiger partial charge is 0.324 e. The van der Waals surface area contributed by atoms with Crippen molar-refractivity contribution in [2.45, 2.75) is 81.7 Å². The standard InChI is InChI=1S/C35H50BIN2O/c1-32(2,3)34(7,8)25-38(12)28-21-23-31(24-22-28)39(30-19-15-27(37)16-20-30)29-17-13-26(14-18-29)36(11)40-35(9,10)33(4,5)6/h13-24H,25H2,1-12H3. The first-order valence-electron chi connectivity index (χ1n) is 14.5. The van der Waals surface area contributed by atoms with Crippen LogP contribution in [-0.2, 0) is 4.65 Å². The molecule has 0 aliphatic carbocycles. The Balaban J connectivity index is 1.91. The molecule has 0 radical (unpaired) electrons. The summed E-state index contributed by atoms with van der Waals surface area (Å²) in [5, 5.41) is 0. The number of anilines is 4. The predicted octanol–water partition coefficient (Wildman–Crippen LogP) is 9.94. The van der Waals surface area contributed by atoms with E-state index in [1.54, 1.807) is 0 Å². The molecule has 0 aliphatic heterocycles. The molecule has 0 spiro atoms. The maximum atomic E-state index is 6.54. The topological polar surface area (TPSA) is 15.7 Å². The molecule has 3 aromatic carbocycles. The average Bonchev–Trinajstić information content (AvgIpc) is 2.84. The van der Waals surface area contributed by atoms with Crippen molar-refractivity contribution in [3.05, 3.63) is 76.4 Å². The molecule has 5 heteroatoms. The van der Waals surface area contributed by atoms with Crippen LogP contribution in [0.1, 0.15) is 69.2 Å². The van der Waals surface area contributed by atoms with Crippen LogP contribution in [-0.4, -0.2) is 26.1 Å². The highest BCUT2D eigenvalue weighted by atomic mass is 127. The van der Waals surface area contributed by atoms with Gasteiger partial charge in [-0.1, -0.05) is 74.3 Å². The van der Waals surface area contributed by atoms with E-state index in [1.165, 1.54) is 14.7 Å². The molecule has 0 saturated heterocycles. The summed E-state index contributed by atoms with van der Waals surface area (Å²) in [6, 6.07) is 26.5. The van der Waals surface area contributed by atoms with Crippen LogP contribution in [0.15, 0.2) is 72.8 Å². The molecule has 0 bridgehead atoms. The van der Waals surface area contributed by atoms with Crippen molar-refractivity contribution < 1.29 is 4.65 Å². The number of rotatable bonds is 9. The highest BCUT2D eigenvalue weighted by Gasteiger charge is 2.36. The van der Waals surface area contributed by atoms with Gasteiger partial charge in [-0.25, -0.2) is 0 Å². The maximum Gasteiger partial charge on any atom is 0.324 e. The minimum absolute atomic E-state index is 0.00204. The van der Waals surface area contributed by atoms with E-state index in [-0.39, 0.29) is 28.8 Å². The third kappa shape index (κ3) is 7.64. The van der Waals surface area contributed by atoms with Gasteiger partial charge in [0, 0.05) is 39.9 Å². The van der Waals surface area contributed by atoms with E-state index in [0.29, 0.717) is 0 Å². The van der Waals surface area contributed by atoms with E-state index < -0.39 is 0 Å². The van der Waals surface area contributed by atoms with Gasteiger partial charge in [-0.2, -0.15) is 0 Å². The van der Waals surface area contributed by atoms with Crippen LogP contribution in [0.5, 0.6) is 0 Å². The molecule has 3 aromatic rings. The summed E-state index contributed by atoms with van der Waals surface area (Å²) >= 11 is 2.37. The zero-order valence-electron chi connectivity index (χ0n) is 26.9. The molecule has 0 heterocycles. The molecule has 0 fully saturated rings. The molecule has 0 saturated carbocycles. The zero-order valence-corrected chi connectivity index (χ0v) is 29.1. The lowest BCUT2D eigenvalue weighted by molar-refractivity contribution is 0.000450. The van der Waals surface area contributed by atoms with Gasteiger partial charge in [0.05, 0.1) is 5.60 Å². The van der Waals surface area contributed by atoms with Crippen LogP contribution in [0.25, 0.3) is 0 Å². The Morgan fingerprint density at radius 1 is 0.625 bits per heavy atom. The fourth-order valence-corrected chi connectivity index (χ4v) is 4.76. The Labute approximate surface area is 259 Å². The van der Waals surface area contributed by atoms with Crippen molar-refractivity contribution in [3.8, 4) is 0 Å². The second-order valence-electron chi connectivity index (χ2n) is 14.4. The van der Waals surface area contributed by atoms with Crippen LogP contribution >= 0.6 is 22.6 Å². The molecule has 0 amide bonds. The lowest BCUT2D eigenvalue weighted by Gasteiger charge is -2.42. The average molecular weight is 653 g/mol. The van der Waals surface area contributed by atoms with Gasteiger partial charge in [0.25, 0.3) is 0 Å². The summed E-state index contributed by atoms with van der Waals surface area (Å²) in [6.07, 6.45) is 0. The van der Waals surface area contributed by atoms with Gasteiger partial charge in [0.2, 0.25) is 0 Å². The second kappa shape index (κ2) is 12.1. The maximum absolute atomic E-state index is 6.54. The van der Waals surface area contributed by atoms with Gasteiger partial charge in [-0.15, -0.1) is 0 Å². The largest absolute Gasteiger partial charge is 0.426 e. The molecule has 0 aliphatic rings. The van der Waals surface area contributed by atoms with E-state index >= 15 is 0 Å². The van der Waals surface area contributed by atoms with Crippen LogP contribution in [0, 0.1) is 19.8 Å². The Bertz CT molecular complexity index is 1160. The number of hydrogen-bond acceptors (Lipinski definition) is 3. The Morgan fingerprint density at radius 2 is 1.02 bits per heavy atom.